The van der Waals surface area contributed by atoms with Crippen LogP contribution in [0.4, 0.5) is 0 Å². The molecule has 0 spiro atoms. The molecule has 0 saturated heterocycles. The molecule has 26 heavy (non-hydrogen) atoms. The number of hydrogen-bond acceptors (Lipinski definition) is 5. The van der Waals surface area contributed by atoms with Gasteiger partial charge in [-0.25, -0.2) is 22.8 Å². The molecule has 0 radical (unpaired) electrons. The first-order valence-electron chi connectivity index (χ1n) is 8.51. The summed E-state index contributed by atoms with van der Waals surface area (Å²) in [5.41, 5.74) is 1.06. The summed E-state index contributed by atoms with van der Waals surface area (Å²) in [4.78, 5) is 4.53. The Morgan fingerprint density at radius 2 is 2.08 bits per heavy atom. The first-order valence-corrected chi connectivity index (χ1v) is 10.00. The highest BCUT2D eigenvalue weighted by Crippen LogP contribution is 2.25. The van der Waals surface area contributed by atoms with E-state index in [1.165, 1.54) is 6.20 Å². The average molecular weight is 372 g/mol. The molecule has 0 fully saturated rings. The first-order chi connectivity index (χ1) is 12.5. The van der Waals surface area contributed by atoms with Crippen LogP contribution >= 0.6 is 0 Å². The third-order valence-electron chi connectivity index (χ3n) is 4.39. The van der Waals surface area contributed by atoms with Crippen LogP contribution in [0.3, 0.4) is 0 Å². The molecule has 3 heterocycles. The van der Waals surface area contributed by atoms with Gasteiger partial charge < -0.3 is 0 Å². The van der Waals surface area contributed by atoms with Crippen molar-refractivity contribution >= 4 is 10.0 Å². The Morgan fingerprint density at radius 3 is 2.88 bits per heavy atom. The van der Waals surface area contributed by atoms with Gasteiger partial charge in [-0.15, -0.1) is 0 Å². The van der Waals surface area contributed by atoms with Crippen molar-refractivity contribution in [3.8, 4) is 0 Å². The van der Waals surface area contributed by atoms with E-state index in [-0.39, 0.29) is 10.9 Å². The number of sulfonamides is 1. The van der Waals surface area contributed by atoms with Crippen LogP contribution in [0.15, 0.2) is 47.6 Å². The van der Waals surface area contributed by atoms with Gasteiger partial charge in [0.1, 0.15) is 16.5 Å². The fourth-order valence-electron chi connectivity index (χ4n) is 3.18. The van der Waals surface area contributed by atoms with Crippen LogP contribution in [-0.2, 0) is 23.1 Å². The summed E-state index contributed by atoms with van der Waals surface area (Å²) in [6.45, 7) is 3.10. The average Bonchev–Trinajstić information content (AvgIpc) is 3.22. The number of benzene rings is 1. The number of rotatable bonds is 5. The summed E-state index contributed by atoms with van der Waals surface area (Å²) in [6.07, 6.45) is 4.49. The van der Waals surface area contributed by atoms with Gasteiger partial charge in [0.05, 0.1) is 18.8 Å². The summed E-state index contributed by atoms with van der Waals surface area (Å²) < 4.78 is 31.7. The lowest BCUT2D eigenvalue weighted by Crippen LogP contribution is -2.33. The monoisotopic (exact) mass is 372 g/mol. The van der Waals surface area contributed by atoms with E-state index >= 15 is 0 Å². The summed E-state index contributed by atoms with van der Waals surface area (Å²) in [6, 6.07) is 9.42. The zero-order valence-corrected chi connectivity index (χ0v) is 15.2. The third kappa shape index (κ3) is 3.40. The zero-order valence-electron chi connectivity index (χ0n) is 14.4. The lowest BCUT2D eigenvalue weighted by Gasteiger charge is -2.22. The topological polar surface area (TPSA) is 94.7 Å². The molecule has 1 aliphatic rings. The predicted octanol–water partition coefficient (Wildman–Crippen LogP) is 1.64. The molecule has 3 aromatic rings. The van der Waals surface area contributed by atoms with Crippen LogP contribution in [0.2, 0.25) is 0 Å². The number of nitrogens with one attached hydrogen (secondary N) is 1. The standard InChI is InChI=1S/C17H20N6O2S/c1-13-19-17-16(8-5-9-23(17)20-13)21-26(24,25)15-10-18-22(12-15)11-14-6-3-2-4-7-14/h2-4,6-7,10,12,16,21H,5,8-9,11H2,1H3/t16-/m0/s1. The minimum atomic E-state index is -3.68. The molecule has 9 heteroatoms. The van der Waals surface area contributed by atoms with Gasteiger partial charge in [-0.1, -0.05) is 30.3 Å². The minimum absolute atomic E-state index is 0.154. The predicted molar refractivity (Wildman–Crippen MR) is 94.8 cm³/mol. The number of aryl methyl sites for hydroxylation is 2. The Hall–Kier alpha value is -2.52. The van der Waals surface area contributed by atoms with E-state index in [2.05, 4.69) is 19.9 Å². The van der Waals surface area contributed by atoms with Crippen LogP contribution in [0, 0.1) is 6.92 Å². The molecule has 2 aromatic heterocycles. The molecule has 0 aliphatic carbocycles. The van der Waals surface area contributed by atoms with E-state index in [1.807, 2.05) is 37.3 Å². The molecule has 4 rings (SSSR count). The Balaban J connectivity index is 1.53. The summed E-state index contributed by atoms with van der Waals surface area (Å²) in [7, 11) is -3.68. The van der Waals surface area contributed by atoms with E-state index in [1.54, 1.807) is 15.6 Å². The molecule has 0 saturated carbocycles. The van der Waals surface area contributed by atoms with Gasteiger partial charge >= 0.3 is 0 Å². The number of hydrogen-bond donors (Lipinski definition) is 1. The largest absolute Gasteiger partial charge is 0.267 e. The molecule has 8 nitrogen and oxygen atoms in total. The maximum Gasteiger partial charge on any atom is 0.244 e. The van der Waals surface area contributed by atoms with Gasteiger partial charge in [0, 0.05) is 12.7 Å². The molecule has 136 valence electrons. The molecule has 0 unspecified atom stereocenters. The Morgan fingerprint density at radius 1 is 1.27 bits per heavy atom. The Kier molecular flexibility index (Phi) is 4.33. The summed E-state index contributed by atoms with van der Waals surface area (Å²) >= 11 is 0. The smallest absolute Gasteiger partial charge is 0.244 e. The van der Waals surface area contributed by atoms with Crippen molar-refractivity contribution in [2.75, 3.05) is 0 Å². The Bertz CT molecular complexity index is 1010. The van der Waals surface area contributed by atoms with Gasteiger partial charge in [0.15, 0.2) is 0 Å². The molecule has 0 amide bonds. The molecule has 1 aliphatic heterocycles. The molecular weight excluding hydrogens is 352 g/mol. The minimum Gasteiger partial charge on any atom is -0.267 e. The van der Waals surface area contributed by atoms with Crippen molar-refractivity contribution in [2.45, 2.75) is 43.8 Å². The SMILES string of the molecule is Cc1nc2n(n1)CCC[C@@H]2NS(=O)(=O)c1cnn(Cc2ccccc2)c1. The first kappa shape index (κ1) is 16.9. The van der Waals surface area contributed by atoms with Crippen molar-refractivity contribution in [1.82, 2.24) is 29.3 Å². The third-order valence-corrected chi connectivity index (χ3v) is 5.81. The summed E-state index contributed by atoms with van der Waals surface area (Å²) in [5, 5.41) is 8.49. The normalized spacial score (nSPS) is 17.2. The molecular formula is C17H20N6O2S. The molecule has 1 atom stereocenters. The maximum atomic E-state index is 12.8. The number of aromatic nitrogens is 5. The molecule has 0 bridgehead atoms. The van der Waals surface area contributed by atoms with Crippen LogP contribution in [0.5, 0.6) is 0 Å². The zero-order chi connectivity index (χ0) is 18.1. The van der Waals surface area contributed by atoms with Gasteiger partial charge in [0.25, 0.3) is 0 Å². The van der Waals surface area contributed by atoms with Gasteiger partial charge in [-0.05, 0) is 25.3 Å². The molecule has 1 aromatic carbocycles. The van der Waals surface area contributed by atoms with E-state index in [0.717, 1.165) is 18.5 Å². The summed E-state index contributed by atoms with van der Waals surface area (Å²) in [5.74, 6) is 1.33. The van der Waals surface area contributed by atoms with E-state index < -0.39 is 10.0 Å². The second-order valence-corrected chi connectivity index (χ2v) is 8.13. The van der Waals surface area contributed by atoms with Crippen molar-refractivity contribution in [1.29, 1.82) is 0 Å². The molecule has 1 N–H and O–H groups in total. The Labute approximate surface area is 151 Å². The van der Waals surface area contributed by atoms with Crippen LogP contribution < -0.4 is 4.72 Å². The van der Waals surface area contributed by atoms with E-state index in [4.69, 9.17) is 0 Å². The fraction of sp³-hybridized carbons (Fsp3) is 0.353. The van der Waals surface area contributed by atoms with Gasteiger partial charge in [-0.2, -0.15) is 10.2 Å². The van der Waals surface area contributed by atoms with Crippen molar-refractivity contribution in [2.24, 2.45) is 0 Å². The highest BCUT2D eigenvalue weighted by molar-refractivity contribution is 7.89. The van der Waals surface area contributed by atoms with Gasteiger partial charge in [-0.3, -0.25) is 4.68 Å². The lowest BCUT2D eigenvalue weighted by molar-refractivity contribution is 0.399. The van der Waals surface area contributed by atoms with E-state index in [9.17, 15) is 8.42 Å². The number of fused-ring (bicyclic) bond motifs is 1. The highest BCUT2D eigenvalue weighted by atomic mass is 32.2. The second kappa shape index (κ2) is 6.65. The highest BCUT2D eigenvalue weighted by Gasteiger charge is 2.29. The maximum absolute atomic E-state index is 12.8. The van der Waals surface area contributed by atoms with E-state index in [0.29, 0.717) is 24.6 Å². The van der Waals surface area contributed by atoms with Crippen molar-refractivity contribution in [3.63, 3.8) is 0 Å². The van der Waals surface area contributed by atoms with Crippen LogP contribution in [0.1, 0.15) is 36.1 Å². The quantitative estimate of drug-likeness (QED) is 0.735. The number of nitrogens with zero attached hydrogens (tertiary/aromatic N) is 5. The lowest BCUT2D eigenvalue weighted by atomic mass is 10.1. The van der Waals surface area contributed by atoms with Crippen molar-refractivity contribution < 1.29 is 8.42 Å². The fourth-order valence-corrected chi connectivity index (χ4v) is 4.36. The van der Waals surface area contributed by atoms with Crippen LogP contribution in [0.25, 0.3) is 0 Å². The second-order valence-electron chi connectivity index (χ2n) is 6.42. The van der Waals surface area contributed by atoms with Crippen LogP contribution in [-0.4, -0.2) is 33.0 Å². The van der Waals surface area contributed by atoms with Gasteiger partial charge in [0.2, 0.25) is 10.0 Å². The van der Waals surface area contributed by atoms with Crippen molar-refractivity contribution in [3.05, 3.63) is 59.9 Å².